The fourth-order valence-corrected chi connectivity index (χ4v) is 5.47. The molecule has 0 aliphatic carbocycles. The Kier molecular flexibility index (Phi) is 7.39. The van der Waals surface area contributed by atoms with Crippen molar-refractivity contribution in [2.75, 3.05) is 38.2 Å². The van der Waals surface area contributed by atoms with Crippen molar-refractivity contribution in [3.63, 3.8) is 0 Å². The van der Waals surface area contributed by atoms with Crippen LogP contribution in [0.3, 0.4) is 0 Å². The summed E-state index contributed by atoms with van der Waals surface area (Å²) in [5.41, 5.74) is 2.62. The van der Waals surface area contributed by atoms with Crippen LogP contribution in [0.4, 0.5) is 5.13 Å². The highest BCUT2D eigenvalue weighted by Gasteiger charge is 2.26. The van der Waals surface area contributed by atoms with E-state index < -0.39 is 10.0 Å². The summed E-state index contributed by atoms with van der Waals surface area (Å²) in [6.45, 7) is 3.48. The summed E-state index contributed by atoms with van der Waals surface area (Å²) in [5, 5.41) is 4.99. The number of anilines is 1. The minimum atomic E-state index is -3.54. The molecule has 0 saturated carbocycles. The Morgan fingerprint density at radius 3 is 2.48 bits per heavy atom. The molecule has 1 saturated heterocycles. The number of rotatable bonds is 8. The first-order valence-corrected chi connectivity index (χ1v) is 12.9. The van der Waals surface area contributed by atoms with Gasteiger partial charge in [-0.25, -0.2) is 13.4 Å². The second-order valence-corrected chi connectivity index (χ2v) is 10.2. The topological polar surface area (TPSA) is 97.8 Å². The average molecular weight is 488 g/mol. The number of sulfonamides is 1. The Hall–Kier alpha value is -2.79. The van der Waals surface area contributed by atoms with E-state index in [1.165, 1.54) is 21.2 Å². The lowest BCUT2D eigenvalue weighted by molar-refractivity contribution is -0.118. The largest absolute Gasteiger partial charge is 0.484 e. The maximum Gasteiger partial charge on any atom is 0.264 e. The minimum absolute atomic E-state index is 0.117. The number of nitrogens with zero attached hydrogens (tertiary/aromatic N) is 2. The summed E-state index contributed by atoms with van der Waals surface area (Å²) >= 11 is 1.29. The molecule has 0 atom stereocenters. The van der Waals surface area contributed by atoms with Crippen molar-refractivity contribution < 1.29 is 22.7 Å². The van der Waals surface area contributed by atoms with Gasteiger partial charge in [-0.1, -0.05) is 31.2 Å². The van der Waals surface area contributed by atoms with E-state index in [9.17, 15) is 13.2 Å². The van der Waals surface area contributed by atoms with Gasteiger partial charge in [-0.2, -0.15) is 4.31 Å². The van der Waals surface area contributed by atoms with Gasteiger partial charge < -0.3 is 9.47 Å². The van der Waals surface area contributed by atoms with Crippen molar-refractivity contribution in [3.8, 4) is 17.0 Å². The zero-order valence-electron chi connectivity index (χ0n) is 18.2. The molecule has 8 nitrogen and oxygen atoms in total. The summed E-state index contributed by atoms with van der Waals surface area (Å²) in [6.07, 6.45) is 0.944. The van der Waals surface area contributed by atoms with Gasteiger partial charge in [0.15, 0.2) is 11.7 Å². The number of amides is 1. The molecule has 10 heteroatoms. The number of aromatic nitrogens is 1. The van der Waals surface area contributed by atoms with Crippen molar-refractivity contribution in [2.45, 2.75) is 18.2 Å². The molecule has 1 N–H and O–H groups in total. The number of nitrogens with one attached hydrogen (secondary N) is 1. The maximum absolute atomic E-state index is 12.8. The summed E-state index contributed by atoms with van der Waals surface area (Å²) in [6, 6.07) is 14.2. The number of carbonyl (C=O) groups is 1. The fourth-order valence-electron chi connectivity index (χ4n) is 3.32. The molecule has 174 valence electrons. The smallest absolute Gasteiger partial charge is 0.264 e. The van der Waals surface area contributed by atoms with Gasteiger partial charge in [0.2, 0.25) is 10.0 Å². The molecule has 33 heavy (non-hydrogen) atoms. The fraction of sp³-hybridized carbons (Fsp3) is 0.304. The third-order valence-corrected chi connectivity index (χ3v) is 7.88. The lowest BCUT2D eigenvalue weighted by Gasteiger charge is -2.26. The van der Waals surface area contributed by atoms with Crippen LogP contribution in [-0.4, -0.2) is 56.5 Å². The molecule has 3 aromatic rings. The highest BCUT2D eigenvalue weighted by Crippen LogP contribution is 2.27. The van der Waals surface area contributed by atoms with Gasteiger partial charge >= 0.3 is 0 Å². The van der Waals surface area contributed by atoms with Crippen LogP contribution in [0.25, 0.3) is 11.3 Å². The van der Waals surface area contributed by atoms with E-state index in [2.05, 4.69) is 17.2 Å². The predicted molar refractivity (Wildman–Crippen MR) is 127 cm³/mol. The van der Waals surface area contributed by atoms with E-state index in [-0.39, 0.29) is 17.4 Å². The molecule has 4 rings (SSSR count). The minimum Gasteiger partial charge on any atom is -0.484 e. The number of thiazole rings is 1. The third-order valence-electron chi connectivity index (χ3n) is 5.21. The van der Waals surface area contributed by atoms with Crippen molar-refractivity contribution in [2.24, 2.45) is 0 Å². The van der Waals surface area contributed by atoms with Crippen LogP contribution in [0.1, 0.15) is 12.5 Å². The van der Waals surface area contributed by atoms with Gasteiger partial charge in [-0.05, 0) is 36.2 Å². The predicted octanol–water partition coefficient (Wildman–Crippen LogP) is 3.41. The third kappa shape index (κ3) is 5.77. The Bertz CT molecular complexity index is 1190. The Morgan fingerprint density at radius 1 is 1.12 bits per heavy atom. The first kappa shape index (κ1) is 23.4. The molecule has 2 aromatic carbocycles. The molecule has 2 heterocycles. The number of ether oxygens (including phenoxy) is 2. The van der Waals surface area contributed by atoms with Crippen LogP contribution in [0, 0.1) is 0 Å². The summed E-state index contributed by atoms with van der Waals surface area (Å²) < 4.78 is 37.7. The lowest BCUT2D eigenvalue weighted by atomic mass is 10.2. The second kappa shape index (κ2) is 10.4. The number of aryl methyl sites for hydroxylation is 1. The summed E-state index contributed by atoms with van der Waals surface area (Å²) in [4.78, 5) is 16.9. The molecule has 1 aromatic heterocycles. The van der Waals surface area contributed by atoms with Crippen LogP contribution < -0.4 is 10.1 Å². The van der Waals surface area contributed by atoms with Crippen molar-refractivity contribution in [1.82, 2.24) is 9.29 Å². The van der Waals surface area contributed by atoms with E-state index in [1.54, 1.807) is 24.3 Å². The van der Waals surface area contributed by atoms with Gasteiger partial charge in [-0.3, -0.25) is 10.1 Å². The summed E-state index contributed by atoms with van der Waals surface area (Å²) in [5.74, 6) is 0.330. The molecule has 0 radical (unpaired) electrons. The Labute approximate surface area is 197 Å². The van der Waals surface area contributed by atoms with E-state index in [4.69, 9.17) is 9.47 Å². The van der Waals surface area contributed by atoms with Gasteiger partial charge in [-0.15, -0.1) is 11.3 Å². The second-order valence-electron chi connectivity index (χ2n) is 7.41. The van der Waals surface area contributed by atoms with Gasteiger partial charge in [0.25, 0.3) is 5.91 Å². The van der Waals surface area contributed by atoms with Crippen molar-refractivity contribution >= 4 is 32.4 Å². The van der Waals surface area contributed by atoms with Crippen LogP contribution in [0.2, 0.25) is 0 Å². The van der Waals surface area contributed by atoms with Crippen LogP contribution in [0.15, 0.2) is 58.8 Å². The quantitative estimate of drug-likeness (QED) is 0.523. The number of benzene rings is 2. The molecule has 1 fully saturated rings. The molecule has 1 aliphatic heterocycles. The lowest BCUT2D eigenvalue weighted by Crippen LogP contribution is -2.40. The van der Waals surface area contributed by atoms with E-state index in [1.807, 2.05) is 29.6 Å². The van der Waals surface area contributed by atoms with Crippen LogP contribution in [0.5, 0.6) is 5.75 Å². The van der Waals surface area contributed by atoms with E-state index in [0.29, 0.717) is 42.9 Å². The highest BCUT2D eigenvalue weighted by atomic mass is 32.2. The first-order chi connectivity index (χ1) is 16.0. The zero-order chi connectivity index (χ0) is 23.3. The van der Waals surface area contributed by atoms with Crippen molar-refractivity contribution in [3.05, 3.63) is 59.5 Å². The van der Waals surface area contributed by atoms with Crippen LogP contribution in [-0.2, 0) is 26.0 Å². The van der Waals surface area contributed by atoms with Crippen LogP contribution >= 0.6 is 11.3 Å². The SMILES string of the molecule is CCc1ccc(OCC(=O)Nc2nc(-c3ccc(S(=O)(=O)N4CCOCC4)cc3)cs2)cc1. The van der Waals surface area contributed by atoms with Gasteiger partial charge in [0.05, 0.1) is 23.8 Å². The van der Waals surface area contributed by atoms with Crippen molar-refractivity contribution in [1.29, 1.82) is 0 Å². The normalized spacial score (nSPS) is 14.7. The van der Waals surface area contributed by atoms with Gasteiger partial charge in [0.1, 0.15) is 5.75 Å². The molecule has 0 spiro atoms. The maximum atomic E-state index is 12.8. The highest BCUT2D eigenvalue weighted by molar-refractivity contribution is 7.89. The molecular formula is C23H25N3O5S2. The summed E-state index contributed by atoms with van der Waals surface area (Å²) in [7, 11) is -3.54. The van der Waals surface area contributed by atoms with Gasteiger partial charge in [0, 0.05) is 24.0 Å². The van der Waals surface area contributed by atoms with E-state index in [0.717, 1.165) is 12.0 Å². The molecule has 1 amide bonds. The average Bonchev–Trinajstić information content (AvgIpc) is 3.32. The number of hydrogen-bond donors (Lipinski definition) is 1. The monoisotopic (exact) mass is 487 g/mol. The number of morpholine rings is 1. The molecule has 1 aliphatic rings. The standard InChI is InChI=1S/C23H25N3O5S2/c1-2-17-3-7-19(8-4-17)31-15-22(27)25-23-24-21(16-32-23)18-5-9-20(10-6-18)33(28,29)26-11-13-30-14-12-26/h3-10,16H,2,11-15H2,1H3,(H,24,25,27). The number of hydrogen-bond acceptors (Lipinski definition) is 7. The molecular weight excluding hydrogens is 462 g/mol. The Morgan fingerprint density at radius 2 is 1.82 bits per heavy atom. The zero-order valence-corrected chi connectivity index (χ0v) is 19.8. The first-order valence-electron chi connectivity index (χ1n) is 10.6. The Balaban J connectivity index is 1.35. The molecule has 0 bridgehead atoms. The van der Waals surface area contributed by atoms with E-state index >= 15 is 0 Å². The molecule has 0 unspecified atom stereocenters. The number of carbonyl (C=O) groups excluding carboxylic acids is 1.